The number of likely N-dealkylation sites (tertiary alicyclic amines) is 1. The van der Waals surface area contributed by atoms with Crippen LogP contribution < -0.4 is 9.47 Å². The van der Waals surface area contributed by atoms with Gasteiger partial charge in [-0.2, -0.15) is 5.10 Å². The molecule has 0 spiro atoms. The van der Waals surface area contributed by atoms with Crippen LogP contribution in [0.25, 0.3) is 0 Å². The summed E-state index contributed by atoms with van der Waals surface area (Å²) in [4.78, 5) is 44.4. The van der Waals surface area contributed by atoms with Crippen LogP contribution in [0.1, 0.15) is 44.2 Å². The molecule has 0 unspecified atom stereocenters. The van der Waals surface area contributed by atoms with Crippen molar-refractivity contribution in [3.05, 3.63) is 78.1 Å². The fourth-order valence-corrected chi connectivity index (χ4v) is 6.21. The van der Waals surface area contributed by atoms with Gasteiger partial charge in [0.2, 0.25) is 12.7 Å². The van der Waals surface area contributed by atoms with Crippen LogP contribution in [0.4, 0.5) is 9.59 Å². The van der Waals surface area contributed by atoms with E-state index in [1.54, 1.807) is 15.8 Å². The Morgan fingerprint density at radius 2 is 1.81 bits per heavy atom. The third-order valence-electron chi connectivity index (χ3n) is 8.11. The van der Waals surface area contributed by atoms with Crippen molar-refractivity contribution in [3.8, 4) is 11.5 Å². The Balaban J connectivity index is 1.38. The third kappa shape index (κ3) is 6.02. The number of imide groups is 1. The largest absolute Gasteiger partial charge is 0.454 e. The van der Waals surface area contributed by atoms with Gasteiger partial charge in [0.1, 0.15) is 12.2 Å². The number of amides is 3. The van der Waals surface area contributed by atoms with Crippen LogP contribution in [0.3, 0.4) is 0 Å². The zero-order valence-corrected chi connectivity index (χ0v) is 24.5. The van der Waals surface area contributed by atoms with Crippen molar-refractivity contribution in [2.75, 3.05) is 19.9 Å². The second-order valence-corrected chi connectivity index (χ2v) is 12.1. The number of carbonyl (C=O) groups excluding carboxylic acids is 3. The molecular weight excluding hydrogens is 552 g/mol. The van der Waals surface area contributed by atoms with Crippen LogP contribution in [0.5, 0.6) is 11.5 Å². The molecule has 4 atom stereocenters. The highest BCUT2D eigenvalue weighted by Gasteiger charge is 2.53. The lowest BCUT2D eigenvalue weighted by Gasteiger charge is -2.32. The Labute approximate surface area is 250 Å². The summed E-state index contributed by atoms with van der Waals surface area (Å²) in [6.07, 6.45) is 3.23. The van der Waals surface area contributed by atoms with Crippen LogP contribution in [-0.4, -0.2) is 75.3 Å². The molecule has 2 saturated heterocycles. The van der Waals surface area contributed by atoms with Gasteiger partial charge in [0.25, 0.3) is 0 Å². The lowest BCUT2D eigenvalue weighted by atomic mass is 9.82. The van der Waals surface area contributed by atoms with Crippen LogP contribution in [0.15, 0.2) is 67.0 Å². The molecule has 0 aliphatic carbocycles. The van der Waals surface area contributed by atoms with Gasteiger partial charge in [0.15, 0.2) is 11.5 Å². The van der Waals surface area contributed by atoms with E-state index < -0.39 is 41.7 Å². The van der Waals surface area contributed by atoms with E-state index in [-0.39, 0.29) is 25.9 Å². The van der Waals surface area contributed by atoms with Gasteiger partial charge < -0.3 is 23.8 Å². The summed E-state index contributed by atoms with van der Waals surface area (Å²) in [5.74, 6) is -0.372. The van der Waals surface area contributed by atoms with Crippen molar-refractivity contribution in [1.29, 1.82) is 0 Å². The number of hydrogen-bond donors (Lipinski definition) is 0. The molecule has 226 valence electrons. The highest BCUT2D eigenvalue weighted by molar-refractivity contribution is 5.96. The van der Waals surface area contributed by atoms with Crippen molar-refractivity contribution in [2.45, 2.75) is 63.8 Å². The molecule has 11 heteroatoms. The summed E-state index contributed by atoms with van der Waals surface area (Å²) in [6, 6.07) is 16.1. The van der Waals surface area contributed by atoms with Gasteiger partial charge in [-0.05, 0) is 62.9 Å². The predicted octanol–water partition coefficient (Wildman–Crippen LogP) is 4.61. The molecule has 0 N–H and O–H groups in total. The average Bonchev–Trinajstić information content (AvgIpc) is 3.77. The number of hydrogen-bond acceptors (Lipinski definition) is 8. The standard InChI is InChI=1S/C32H36N4O7/c1-32(2,3)43-30(38)35-18-24(22-10-11-26-27(17-22)42-20-41-26)28(25(35)12-15-34-14-7-13-33-34)29(37)36-23(19-40-31(36)39)16-21-8-5-4-6-9-21/h4-11,13-14,17,23-25,28H,12,15-16,18-20H2,1-3H3/t23-,24-,25+,28-/m0/s1. The molecule has 4 heterocycles. The van der Waals surface area contributed by atoms with E-state index >= 15 is 0 Å². The Kier molecular flexibility index (Phi) is 7.72. The van der Waals surface area contributed by atoms with Crippen LogP contribution in [-0.2, 0) is 27.2 Å². The van der Waals surface area contributed by atoms with Crippen molar-refractivity contribution < 1.29 is 33.3 Å². The second kappa shape index (κ2) is 11.6. The Hall–Kier alpha value is -4.54. The molecule has 1 aromatic heterocycles. The van der Waals surface area contributed by atoms with E-state index in [0.29, 0.717) is 30.9 Å². The van der Waals surface area contributed by atoms with E-state index in [2.05, 4.69) is 5.10 Å². The molecule has 11 nitrogen and oxygen atoms in total. The molecule has 0 bridgehead atoms. The first kappa shape index (κ1) is 28.6. The minimum Gasteiger partial charge on any atom is -0.454 e. The molecule has 0 radical (unpaired) electrons. The van der Waals surface area contributed by atoms with E-state index in [9.17, 15) is 14.4 Å². The zero-order valence-electron chi connectivity index (χ0n) is 24.5. The molecule has 6 rings (SSSR count). The first-order valence-electron chi connectivity index (χ1n) is 14.6. The number of aromatic nitrogens is 2. The van der Waals surface area contributed by atoms with Crippen LogP contribution in [0, 0.1) is 5.92 Å². The van der Waals surface area contributed by atoms with E-state index in [1.165, 1.54) is 4.90 Å². The molecule has 2 aromatic carbocycles. The third-order valence-corrected chi connectivity index (χ3v) is 8.11. The molecule has 43 heavy (non-hydrogen) atoms. The molecule has 3 aliphatic heterocycles. The van der Waals surface area contributed by atoms with Crippen molar-refractivity contribution >= 4 is 18.1 Å². The number of ether oxygens (including phenoxy) is 4. The number of benzene rings is 2. The molecule has 2 fully saturated rings. The average molecular weight is 589 g/mol. The quantitative estimate of drug-likeness (QED) is 0.393. The monoisotopic (exact) mass is 588 g/mol. The van der Waals surface area contributed by atoms with Gasteiger partial charge in [-0.3, -0.25) is 9.48 Å². The Bertz CT molecular complexity index is 1470. The van der Waals surface area contributed by atoms with Crippen LogP contribution >= 0.6 is 0 Å². The first-order chi connectivity index (χ1) is 20.7. The fourth-order valence-electron chi connectivity index (χ4n) is 6.21. The van der Waals surface area contributed by atoms with Crippen LogP contribution in [0.2, 0.25) is 0 Å². The first-order valence-corrected chi connectivity index (χ1v) is 14.6. The lowest BCUT2D eigenvalue weighted by molar-refractivity contribution is -0.134. The summed E-state index contributed by atoms with van der Waals surface area (Å²) >= 11 is 0. The number of aryl methyl sites for hydroxylation is 1. The Morgan fingerprint density at radius 3 is 2.56 bits per heavy atom. The van der Waals surface area contributed by atoms with Gasteiger partial charge in [0.05, 0.1) is 12.0 Å². The number of cyclic esters (lactones) is 1. The van der Waals surface area contributed by atoms with Crippen molar-refractivity contribution in [3.63, 3.8) is 0 Å². The van der Waals surface area contributed by atoms with E-state index in [4.69, 9.17) is 18.9 Å². The second-order valence-electron chi connectivity index (χ2n) is 12.1. The van der Waals surface area contributed by atoms with Gasteiger partial charge in [-0.15, -0.1) is 0 Å². The molecule has 0 saturated carbocycles. The topological polar surface area (TPSA) is 112 Å². The van der Waals surface area contributed by atoms with Crippen molar-refractivity contribution in [1.82, 2.24) is 19.6 Å². The smallest absolute Gasteiger partial charge is 0.416 e. The number of rotatable bonds is 7. The summed E-state index contributed by atoms with van der Waals surface area (Å²) in [5, 5.41) is 4.32. The zero-order chi connectivity index (χ0) is 30.1. The van der Waals surface area contributed by atoms with Gasteiger partial charge in [-0.1, -0.05) is 36.4 Å². The minimum absolute atomic E-state index is 0.106. The summed E-state index contributed by atoms with van der Waals surface area (Å²) in [7, 11) is 0. The van der Waals surface area contributed by atoms with E-state index in [1.807, 2.05) is 81.6 Å². The Morgan fingerprint density at radius 1 is 1.02 bits per heavy atom. The summed E-state index contributed by atoms with van der Waals surface area (Å²) < 4.78 is 24.2. The summed E-state index contributed by atoms with van der Waals surface area (Å²) in [5.41, 5.74) is 1.07. The minimum atomic E-state index is -0.757. The fraction of sp³-hybridized carbons (Fsp3) is 0.438. The van der Waals surface area contributed by atoms with Gasteiger partial charge in [0, 0.05) is 37.4 Å². The highest BCUT2D eigenvalue weighted by Crippen LogP contribution is 2.44. The lowest BCUT2D eigenvalue weighted by Crippen LogP contribution is -2.49. The molecule has 3 aliphatic rings. The summed E-state index contributed by atoms with van der Waals surface area (Å²) in [6.45, 7) is 6.34. The predicted molar refractivity (Wildman–Crippen MR) is 154 cm³/mol. The maximum absolute atomic E-state index is 14.7. The number of nitrogens with zero attached hydrogens (tertiary/aromatic N) is 4. The molecule has 3 aromatic rings. The maximum atomic E-state index is 14.7. The number of carbonyl (C=O) groups is 3. The maximum Gasteiger partial charge on any atom is 0.416 e. The van der Waals surface area contributed by atoms with E-state index in [0.717, 1.165) is 11.1 Å². The molecule has 3 amide bonds. The molecular formula is C32H36N4O7. The highest BCUT2D eigenvalue weighted by atomic mass is 16.7. The number of fused-ring (bicyclic) bond motifs is 1. The SMILES string of the molecule is CC(C)(C)OC(=O)N1C[C@@H](c2ccc3c(c2)OCO3)[C@H](C(=O)N2C(=O)OC[C@@H]2Cc2ccccc2)[C@H]1CCn1cccn1. The normalized spacial score (nSPS) is 23.0. The van der Waals surface area contributed by atoms with Gasteiger partial charge in [-0.25, -0.2) is 14.5 Å². The van der Waals surface area contributed by atoms with Crippen molar-refractivity contribution in [2.24, 2.45) is 5.92 Å². The van der Waals surface area contributed by atoms with Gasteiger partial charge >= 0.3 is 12.2 Å².